The summed E-state index contributed by atoms with van der Waals surface area (Å²) in [7, 11) is 2.30. The Hall–Kier alpha value is -0.0800. The monoisotopic (exact) mass is 254 g/mol. The van der Waals surface area contributed by atoms with Gasteiger partial charge in [-0.25, -0.2) is 0 Å². The average Bonchev–Trinajstić information content (AvgIpc) is 2.85. The van der Waals surface area contributed by atoms with E-state index in [1.165, 1.54) is 70.8 Å². The summed E-state index contributed by atoms with van der Waals surface area (Å²) in [5, 5.41) is 0. The molecule has 0 aromatic heterocycles. The van der Waals surface area contributed by atoms with Gasteiger partial charge < -0.3 is 10.6 Å². The van der Waals surface area contributed by atoms with E-state index in [1.807, 2.05) is 0 Å². The van der Waals surface area contributed by atoms with E-state index in [1.54, 1.807) is 0 Å². The minimum Gasteiger partial charge on any atom is -0.330 e. The SMILES string of the molecule is CCCCCCCCCN(C)C1CCCC1CN. The lowest BCUT2D eigenvalue weighted by Crippen LogP contribution is -2.38. The number of unbranched alkanes of at least 4 members (excludes halogenated alkanes) is 6. The van der Waals surface area contributed by atoms with Crippen LogP contribution in [-0.4, -0.2) is 31.1 Å². The van der Waals surface area contributed by atoms with Crippen molar-refractivity contribution in [1.29, 1.82) is 0 Å². The van der Waals surface area contributed by atoms with Crippen LogP contribution in [0, 0.1) is 5.92 Å². The first kappa shape index (κ1) is 16.0. The van der Waals surface area contributed by atoms with Gasteiger partial charge in [-0.05, 0) is 45.3 Å². The summed E-state index contributed by atoms with van der Waals surface area (Å²) in [6.45, 7) is 4.44. The first-order valence-electron chi connectivity index (χ1n) is 8.20. The van der Waals surface area contributed by atoms with Crippen LogP contribution in [0.4, 0.5) is 0 Å². The Labute approximate surface area is 114 Å². The van der Waals surface area contributed by atoms with Crippen LogP contribution in [0.1, 0.15) is 71.1 Å². The van der Waals surface area contributed by atoms with Crippen molar-refractivity contribution in [3.63, 3.8) is 0 Å². The van der Waals surface area contributed by atoms with Crippen molar-refractivity contribution in [1.82, 2.24) is 4.90 Å². The molecule has 1 rings (SSSR count). The van der Waals surface area contributed by atoms with E-state index >= 15 is 0 Å². The molecule has 0 spiro atoms. The molecule has 2 nitrogen and oxygen atoms in total. The number of hydrogen-bond donors (Lipinski definition) is 1. The quantitative estimate of drug-likeness (QED) is 0.601. The van der Waals surface area contributed by atoms with Crippen molar-refractivity contribution >= 4 is 0 Å². The summed E-state index contributed by atoms with van der Waals surface area (Å²) >= 11 is 0. The van der Waals surface area contributed by atoms with Gasteiger partial charge >= 0.3 is 0 Å². The summed E-state index contributed by atoms with van der Waals surface area (Å²) < 4.78 is 0. The van der Waals surface area contributed by atoms with Gasteiger partial charge in [0.05, 0.1) is 0 Å². The molecule has 2 heteroatoms. The number of hydrogen-bond acceptors (Lipinski definition) is 2. The molecule has 1 aliphatic rings. The van der Waals surface area contributed by atoms with E-state index < -0.39 is 0 Å². The second-order valence-electron chi connectivity index (χ2n) is 6.10. The second-order valence-corrected chi connectivity index (χ2v) is 6.10. The molecule has 0 aromatic carbocycles. The minimum atomic E-state index is 0.763. The Morgan fingerprint density at radius 3 is 2.33 bits per heavy atom. The van der Waals surface area contributed by atoms with Crippen LogP contribution in [0.2, 0.25) is 0 Å². The topological polar surface area (TPSA) is 29.3 Å². The van der Waals surface area contributed by atoms with Crippen molar-refractivity contribution in [3.05, 3.63) is 0 Å². The smallest absolute Gasteiger partial charge is 0.0132 e. The highest BCUT2D eigenvalue weighted by Gasteiger charge is 2.28. The van der Waals surface area contributed by atoms with Gasteiger partial charge in [0.25, 0.3) is 0 Å². The molecule has 18 heavy (non-hydrogen) atoms. The molecule has 1 saturated carbocycles. The largest absolute Gasteiger partial charge is 0.330 e. The van der Waals surface area contributed by atoms with Crippen molar-refractivity contribution in [3.8, 4) is 0 Å². The van der Waals surface area contributed by atoms with Crippen LogP contribution in [0.15, 0.2) is 0 Å². The predicted octanol–water partition coefficient (Wildman–Crippen LogP) is 3.80. The molecule has 0 saturated heterocycles. The van der Waals surface area contributed by atoms with Gasteiger partial charge in [0.15, 0.2) is 0 Å². The van der Waals surface area contributed by atoms with Gasteiger partial charge in [-0.1, -0.05) is 51.9 Å². The molecule has 2 N–H and O–H groups in total. The van der Waals surface area contributed by atoms with Crippen LogP contribution in [-0.2, 0) is 0 Å². The molecule has 1 fully saturated rings. The molecular formula is C16H34N2. The van der Waals surface area contributed by atoms with E-state index in [4.69, 9.17) is 5.73 Å². The van der Waals surface area contributed by atoms with Gasteiger partial charge in [-0.15, -0.1) is 0 Å². The third-order valence-corrected chi connectivity index (χ3v) is 4.60. The molecule has 2 atom stereocenters. The fourth-order valence-corrected chi connectivity index (χ4v) is 3.36. The summed E-state index contributed by atoms with van der Waals surface area (Å²) in [5.74, 6) is 0.763. The van der Waals surface area contributed by atoms with Crippen LogP contribution in [0.25, 0.3) is 0 Å². The van der Waals surface area contributed by atoms with Crippen LogP contribution in [0.5, 0.6) is 0 Å². The van der Waals surface area contributed by atoms with E-state index in [-0.39, 0.29) is 0 Å². The molecular weight excluding hydrogens is 220 g/mol. The highest BCUT2D eigenvalue weighted by molar-refractivity contribution is 4.84. The van der Waals surface area contributed by atoms with Crippen LogP contribution >= 0.6 is 0 Å². The second kappa shape index (κ2) is 9.80. The zero-order chi connectivity index (χ0) is 13.2. The van der Waals surface area contributed by atoms with Crippen molar-refractivity contribution in [2.45, 2.75) is 77.2 Å². The third-order valence-electron chi connectivity index (χ3n) is 4.60. The maximum Gasteiger partial charge on any atom is 0.0132 e. The van der Waals surface area contributed by atoms with E-state index in [0.29, 0.717) is 0 Å². The first-order chi connectivity index (χ1) is 8.79. The molecule has 108 valence electrons. The Bertz CT molecular complexity index is 194. The molecule has 1 aliphatic carbocycles. The number of nitrogens with two attached hydrogens (primary N) is 1. The molecule has 0 aliphatic heterocycles. The summed E-state index contributed by atoms with van der Waals surface area (Å²) in [5.41, 5.74) is 5.86. The molecule has 0 amide bonds. The van der Waals surface area contributed by atoms with Crippen molar-refractivity contribution in [2.75, 3.05) is 20.1 Å². The van der Waals surface area contributed by atoms with E-state index in [9.17, 15) is 0 Å². The molecule has 0 radical (unpaired) electrons. The van der Waals surface area contributed by atoms with Crippen molar-refractivity contribution < 1.29 is 0 Å². The number of nitrogens with zero attached hydrogens (tertiary/aromatic N) is 1. The van der Waals surface area contributed by atoms with Gasteiger partial charge in [-0.3, -0.25) is 0 Å². The Kier molecular flexibility index (Phi) is 8.70. The fraction of sp³-hybridized carbons (Fsp3) is 1.00. The van der Waals surface area contributed by atoms with Gasteiger partial charge in [0, 0.05) is 6.04 Å². The lowest BCUT2D eigenvalue weighted by atomic mass is 10.0. The average molecular weight is 254 g/mol. The summed E-state index contributed by atoms with van der Waals surface area (Å²) in [6, 6.07) is 0.773. The normalized spacial score (nSPS) is 24.0. The summed E-state index contributed by atoms with van der Waals surface area (Å²) in [6.07, 6.45) is 14.0. The third kappa shape index (κ3) is 5.71. The highest BCUT2D eigenvalue weighted by atomic mass is 15.1. The molecule has 2 unspecified atom stereocenters. The summed E-state index contributed by atoms with van der Waals surface area (Å²) in [4.78, 5) is 2.58. The maximum atomic E-state index is 5.86. The predicted molar refractivity (Wildman–Crippen MR) is 80.8 cm³/mol. The van der Waals surface area contributed by atoms with Gasteiger partial charge in [-0.2, -0.15) is 0 Å². The van der Waals surface area contributed by atoms with Gasteiger partial charge in [0.1, 0.15) is 0 Å². The van der Waals surface area contributed by atoms with Crippen molar-refractivity contribution in [2.24, 2.45) is 11.7 Å². The Morgan fingerprint density at radius 2 is 1.67 bits per heavy atom. The standard InChI is InChI=1S/C16H34N2/c1-3-4-5-6-7-8-9-13-18(2)16-12-10-11-15(16)14-17/h15-16H,3-14,17H2,1-2H3. The fourth-order valence-electron chi connectivity index (χ4n) is 3.36. The molecule has 0 bridgehead atoms. The van der Waals surface area contributed by atoms with Crippen LogP contribution < -0.4 is 5.73 Å². The van der Waals surface area contributed by atoms with Gasteiger partial charge in [0.2, 0.25) is 0 Å². The minimum absolute atomic E-state index is 0.763. The highest BCUT2D eigenvalue weighted by Crippen LogP contribution is 2.28. The van der Waals surface area contributed by atoms with E-state index in [2.05, 4.69) is 18.9 Å². The zero-order valence-corrected chi connectivity index (χ0v) is 12.7. The van der Waals surface area contributed by atoms with E-state index in [0.717, 1.165) is 18.5 Å². The molecule has 0 heterocycles. The Balaban J connectivity index is 2.01. The Morgan fingerprint density at radius 1 is 1.00 bits per heavy atom. The van der Waals surface area contributed by atoms with Crippen LogP contribution in [0.3, 0.4) is 0 Å². The first-order valence-corrected chi connectivity index (χ1v) is 8.20. The maximum absolute atomic E-state index is 5.86. The molecule has 0 aromatic rings. The zero-order valence-electron chi connectivity index (χ0n) is 12.7. The number of rotatable bonds is 10. The lowest BCUT2D eigenvalue weighted by molar-refractivity contribution is 0.196. The lowest BCUT2D eigenvalue weighted by Gasteiger charge is -2.29.